The van der Waals surface area contributed by atoms with Gasteiger partial charge in [0.25, 0.3) is 0 Å². The lowest BCUT2D eigenvalue weighted by atomic mass is 9.82. The molecule has 174 valence electrons. The number of nitrogens with one attached hydrogen (secondary N) is 1. The molecule has 3 saturated heterocycles. The van der Waals surface area contributed by atoms with Gasteiger partial charge in [0.05, 0.1) is 25.0 Å². The van der Waals surface area contributed by atoms with E-state index in [4.69, 9.17) is 4.74 Å². The summed E-state index contributed by atoms with van der Waals surface area (Å²) in [6.45, 7) is 3.88. The molecule has 0 aromatic heterocycles. The molecule has 3 aliphatic rings. The van der Waals surface area contributed by atoms with Crippen LogP contribution in [0, 0.1) is 11.8 Å². The van der Waals surface area contributed by atoms with Crippen LogP contribution in [0.25, 0.3) is 0 Å². The van der Waals surface area contributed by atoms with Crippen molar-refractivity contribution in [3.05, 3.63) is 35.9 Å². The first-order valence-corrected chi connectivity index (χ1v) is 11.5. The van der Waals surface area contributed by atoms with Crippen molar-refractivity contribution >= 4 is 17.8 Å². The maximum Gasteiger partial charge on any atom is 0.320 e. The second-order valence-corrected chi connectivity index (χ2v) is 8.82. The van der Waals surface area contributed by atoms with E-state index in [0.717, 1.165) is 12.8 Å². The predicted octanol–water partition coefficient (Wildman–Crippen LogP) is 1.29. The van der Waals surface area contributed by atoms with E-state index >= 15 is 0 Å². The quantitative estimate of drug-likeness (QED) is 0.540. The Labute approximate surface area is 188 Å². The van der Waals surface area contributed by atoms with E-state index in [9.17, 15) is 19.6 Å². The van der Waals surface area contributed by atoms with Crippen molar-refractivity contribution in [3.8, 4) is 0 Å². The van der Waals surface area contributed by atoms with Gasteiger partial charge in [-0.1, -0.05) is 30.3 Å². The highest BCUT2D eigenvalue weighted by Gasteiger charge is 2.43. The van der Waals surface area contributed by atoms with Crippen molar-refractivity contribution < 1.29 is 24.3 Å². The fourth-order valence-electron chi connectivity index (χ4n) is 5.12. The van der Waals surface area contributed by atoms with E-state index in [2.05, 4.69) is 12.1 Å². The number of amides is 4. The Morgan fingerprint density at radius 1 is 0.844 bits per heavy atom. The molecular weight excluding hydrogens is 412 g/mol. The Morgan fingerprint density at radius 2 is 1.50 bits per heavy atom. The number of likely N-dealkylation sites (tertiary alicyclic amines) is 2. The maximum absolute atomic E-state index is 13.3. The highest BCUT2D eigenvalue weighted by atomic mass is 16.5. The van der Waals surface area contributed by atoms with Gasteiger partial charge in [0, 0.05) is 39.3 Å². The Hall–Kier alpha value is -2.65. The summed E-state index contributed by atoms with van der Waals surface area (Å²) in [6, 6.07) is 10.2. The third kappa shape index (κ3) is 4.88. The molecule has 0 saturated carbocycles. The maximum atomic E-state index is 13.3. The monoisotopic (exact) mass is 444 g/mol. The van der Waals surface area contributed by atoms with Crippen LogP contribution < -0.4 is 5.48 Å². The standard InChI is InChI=1S/C23H32N4O5/c28-21(24-31)20-16-27(23(30)26-12-14-32-15-13-26)11-8-19(20)22(29)25-9-6-18(7-10-25)17-4-2-1-3-5-17/h1-5,18-20,31H,6-16H2,(H,24,28)/t19-,20-/m0/s1. The molecule has 3 heterocycles. The van der Waals surface area contributed by atoms with E-state index in [1.165, 1.54) is 5.56 Å². The zero-order valence-corrected chi connectivity index (χ0v) is 18.3. The number of nitrogens with zero attached hydrogens (tertiary/aromatic N) is 3. The van der Waals surface area contributed by atoms with Gasteiger partial charge in [-0.05, 0) is 30.7 Å². The van der Waals surface area contributed by atoms with E-state index in [1.54, 1.807) is 15.3 Å². The molecule has 3 fully saturated rings. The minimum atomic E-state index is -0.766. The molecule has 3 aliphatic heterocycles. The molecule has 2 atom stereocenters. The fraction of sp³-hybridized carbons (Fsp3) is 0.609. The lowest BCUT2D eigenvalue weighted by Gasteiger charge is -2.42. The van der Waals surface area contributed by atoms with Crippen molar-refractivity contribution in [3.63, 3.8) is 0 Å². The minimum absolute atomic E-state index is 0.0522. The number of hydrogen-bond acceptors (Lipinski definition) is 5. The van der Waals surface area contributed by atoms with Crippen LogP contribution in [0.4, 0.5) is 4.79 Å². The third-order valence-electron chi connectivity index (χ3n) is 7.01. The average molecular weight is 445 g/mol. The van der Waals surface area contributed by atoms with Crippen molar-refractivity contribution in [1.82, 2.24) is 20.2 Å². The topological polar surface area (TPSA) is 102 Å². The molecule has 1 aromatic carbocycles. The highest BCUT2D eigenvalue weighted by molar-refractivity contribution is 5.88. The summed E-state index contributed by atoms with van der Waals surface area (Å²) in [6.07, 6.45) is 2.19. The highest BCUT2D eigenvalue weighted by Crippen LogP contribution is 2.32. The Balaban J connectivity index is 1.38. The van der Waals surface area contributed by atoms with Crippen LogP contribution >= 0.6 is 0 Å². The molecule has 0 bridgehead atoms. The fourth-order valence-corrected chi connectivity index (χ4v) is 5.12. The van der Waals surface area contributed by atoms with Crippen LogP contribution in [0.3, 0.4) is 0 Å². The third-order valence-corrected chi connectivity index (χ3v) is 7.01. The normalized spacial score (nSPS) is 24.8. The van der Waals surface area contributed by atoms with Crippen LogP contribution in [0.2, 0.25) is 0 Å². The number of hydrogen-bond donors (Lipinski definition) is 2. The number of ether oxygens (including phenoxy) is 1. The molecule has 2 N–H and O–H groups in total. The number of carbonyl (C=O) groups is 3. The molecule has 9 heteroatoms. The molecule has 32 heavy (non-hydrogen) atoms. The smallest absolute Gasteiger partial charge is 0.320 e. The molecule has 9 nitrogen and oxygen atoms in total. The van der Waals surface area contributed by atoms with Crippen LogP contribution in [0.5, 0.6) is 0 Å². The molecule has 1 aromatic rings. The lowest BCUT2D eigenvalue weighted by Crippen LogP contribution is -2.57. The molecule has 0 unspecified atom stereocenters. The Kier molecular flexibility index (Phi) is 7.26. The van der Waals surface area contributed by atoms with E-state index in [-0.39, 0.29) is 18.5 Å². The van der Waals surface area contributed by atoms with Crippen molar-refractivity contribution in [2.45, 2.75) is 25.2 Å². The van der Waals surface area contributed by atoms with Gasteiger partial charge >= 0.3 is 6.03 Å². The number of hydroxylamine groups is 1. The second kappa shape index (κ2) is 10.3. The zero-order valence-electron chi connectivity index (χ0n) is 18.3. The van der Waals surface area contributed by atoms with E-state index in [0.29, 0.717) is 58.3 Å². The van der Waals surface area contributed by atoms with E-state index < -0.39 is 17.7 Å². The summed E-state index contributed by atoms with van der Waals surface area (Å²) >= 11 is 0. The average Bonchev–Trinajstić information content (AvgIpc) is 2.88. The van der Waals surface area contributed by atoms with Gasteiger partial charge in [-0.3, -0.25) is 14.8 Å². The number of urea groups is 1. The van der Waals surface area contributed by atoms with Gasteiger partial charge in [0.2, 0.25) is 11.8 Å². The molecule has 4 amide bonds. The van der Waals surface area contributed by atoms with Gasteiger partial charge in [-0.15, -0.1) is 0 Å². The number of carbonyl (C=O) groups excluding carboxylic acids is 3. The van der Waals surface area contributed by atoms with Crippen LogP contribution in [-0.4, -0.2) is 90.2 Å². The molecule has 0 radical (unpaired) electrons. The zero-order chi connectivity index (χ0) is 22.5. The predicted molar refractivity (Wildman–Crippen MR) is 116 cm³/mol. The summed E-state index contributed by atoms with van der Waals surface area (Å²) in [5.74, 6) is -1.53. The molecule has 0 aliphatic carbocycles. The van der Waals surface area contributed by atoms with Crippen LogP contribution in [0.15, 0.2) is 30.3 Å². The van der Waals surface area contributed by atoms with Crippen LogP contribution in [0.1, 0.15) is 30.7 Å². The first-order valence-electron chi connectivity index (χ1n) is 11.5. The largest absolute Gasteiger partial charge is 0.378 e. The minimum Gasteiger partial charge on any atom is -0.378 e. The SMILES string of the molecule is O=C(NO)[C@H]1CN(C(=O)N2CCOCC2)CC[C@@H]1C(=O)N1CCC(c2ccccc2)CC1. The molecular formula is C23H32N4O5. The number of morpholine rings is 1. The molecule has 4 rings (SSSR count). The van der Waals surface area contributed by atoms with Gasteiger partial charge in [0.1, 0.15) is 0 Å². The van der Waals surface area contributed by atoms with Gasteiger partial charge in [-0.25, -0.2) is 10.3 Å². The number of piperidine rings is 2. The Morgan fingerprint density at radius 3 is 2.16 bits per heavy atom. The molecule has 0 spiro atoms. The number of benzene rings is 1. The number of rotatable bonds is 3. The first-order chi connectivity index (χ1) is 15.6. The van der Waals surface area contributed by atoms with Gasteiger partial charge < -0.3 is 19.4 Å². The van der Waals surface area contributed by atoms with Crippen molar-refractivity contribution in [2.24, 2.45) is 11.8 Å². The summed E-state index contributed by atoms with van der Waals surface area (Å²) < 4.78 is 5.31. The Bertz CT molecular complexity index is 806. The van der Waals surface area contributed by atoms with Gasteiger partial charge in [0.15, 0.2) is 0 Å². The van der Waals surface area contributed by atoms with Gasteiger partial charge in [-0.2, -0.15) is 0 Å². The second-order valence-electron chi connectivity index (χ2n) is 8.82. The van der Waals surface area contributed by atoms with E-state index in [1.807, 2.05) is 23.1 Å². The summed E-state index contributed by atoms with van der Waals surface area (Å²) in [5, 5.41) is 9.28. The van der Waals surface area contributed by atoms with Crippen LogP contribution in [-0.2, 0) is 14.3 Å². The summed E-state index contributed by atoms with van der Waals surface area (Å²) in [5.41, 5.74) is 3.01. The first kappa shape index (κ1) is 22.5. The summed E-state index contributed by atoms with van der Waals surface area (Å²) in [7, 11) is 0. The summed E-state index contributed by atoms with van der Waals surface area (Å²) in [4.78, 5) is 43.8. The van der Waals surface area contributed by atoms with Crippen molar-refractivity contribution in [1.29, 1.82) is 0 Å². The van der Waals surface area contributed by atoms with Crippen molar-refractivity contribution in [2.75, 3.05) is 52.5 Å². The lowest BCUT2D eigenvalue weighted by molar-refractivity contribution is -0.148.